The van der Waals surface area contributed by atoms with Gasteiger partial charge in [-0.05, 0) is 38.1 Å². The van der Waals surface area contributed by atoms with E-state index in [9.17, 15) is 18.4 Å². The number of esters is 1. The van der Waals surface area contributed by atoms with Crippen LogP contribution in [0.25, 0.3) is 5.65 Å². The first kappa shape index (κ1) is 24.1. The minimum Gasteiger partial charge on any atom is -0.485 e. The van der Waals surface area contributed by atoms with Crippen molar-refractivity contribution < 1.29 is 27.8 Å². The summed E-state index contributed by atoms with van der Waals surface area (Å²) in [7, 11) is 1.72. The fourth-order valence-electron chi connectivity index (χ4n) is 3.91. The summed E-state index contributed by atoms with van der Waals surface area (Å²) in [5, 5.41) is 4.10. The summed E-state index contributed by atoms with van der Waals surface area (Å²) in [5.74, 6) is -2.85. The van der Waals surface area contributed by atoms with Crippen LogP contribution in [0.3, 0.4) is 0 Å². The number of hydrogen-bond donors (Lipinski definition) is 0. The van der Waals surface area contributed by atoms with Gasteiger partial charge in [-0.25, -0.2) is 13.8 Å². The highest BCUT2D eigenvalue weighted by Gasteiger charge is 2.29. The molecule has 3 aromatic heterocycles. The van der Waals surface area contributed by atoms with Crippen molar-refractivity contribution in [2.24, 2.45) is 7.05 Å². The number of rotatable bonds is 9. The lowest BCUT2D eigenvalue weighted by atomic mass is 9.95. The molecule has 0 saturated carbocycles. The highest BCUT2D eigenvalue weighted by atomic mass is 19.1. The van der Waals surface area contributed by atoms with Crippen molar-refractivity contribution in [1.29, 1.82) is 0 Å². The largest absolute Gasteiger partial charge is 0.485 e. The number of carbonyl (C=O) groups is 2. The van der Waals surface area contributed by atoms with Crippen molar-refractivity contribution in [3.63, 3.8) is 0 Å². The minimum atomic E-state index is -0.829. The number of ketones is 1. The predicted molar refractivity (Wildman–Crippen MR) is 122 cm³/mol. The second-order valence-corrected chi connectivity index (χ2v) is 7.98. The van der Waals surface area contributed by atoms with Gasteiger partial charge in [0.15, 0.2) is 17.2 Å². The smallest absolute Gasteiger partial charge is 0.313 e. The zero-order chi connectivity index (χ0) is 25.1. The van der Waals surface area contributed by atoms with Gasteiger partial charge in [0.1, 0.15) is 23.9 Å². The number of aryl methyl sites for hydroxylation is 2. The normalized spacial score (nSPS) is 12.0. The maximum absolute atomic E-state index is 14.0. The number of imidazole rings is 1. The third-order valence-electron chi connectivity index (χ3n) is 5.57. The Morgan fingerprint density at radius 3 is 2.54 bits per heavy atom. The van der Waals surface area contributed by atoms with E-state index < -0.39 is 23.5 Å². The zero-order valence-corrected chi connectivity index (χ0v) is 19.5. The molecule has 0 aliphatic heterocycles. The molecule has 0 radical (unpaired) electrons. The van der Waals surface area contributed by atoms with E-state index in [4.69, 9.17) is 9.47 Å². The molecule has 0 fully saturated rings. The summed E-state index contributed by atoms with van der Waals surface area (Å²) < 4.78 is 42.0. The molecule has 182 valence electrons. The maximum atomic E-state index is 14.0. The predicted octanol–water partition coefficient (Wildman–Crippen LogP) is 4.15. The minimum absolute atomic E-state index is 0.148. The molecular weight excluding hydrogens is 458 g/mol. The Hall–Kier alpha value is -4.08. The van der Waals surface area contributed by atoms with Gasteiger partial charge in [0, 0.05) is 31.4 Å². The van der Waals surface area contributed by atoms with Crippen LogP contribution in [0, 0.1) is 18.6 Å². The van der Waals surface area contributed by atoms with E-state index in [2.05, 4.69) is 10.1 Å². The standard InChI is InChI=1S/C25H24F2N4O4/c1-4-34-25(33)17(16-12-28-30(3)13-16)11-21(32)23-15(2)29-24-22(9-6-10-31(23)24)35-14-18-19(26)7-5-8-20(18)27/h5-10,12-13,17H,4,11,14H2,1-3H3. The lowest BCUT2D eigenvalue weighted by Crippen LogP contribution is -2.20. The first-order valence-electron chi connectivity index (χ1n) is 11.0. The third kappa shape index (κ3) is 4.91. The van der Waals surface area contributed by atoms with Gasteiger partial charge in [0.25, 0.3) is 0 Å². The van der Waals surface area contributed by atoms with Gasteiger partial charge < -0.3 is 9.47 Å². The van der Waals surface area contributed by atoms with Gasteiger partial charge >= 0.3 is 5.97 Å². The number of benzene rings is 1. The molecule has 0 amide bonds. The molecule has 3 heterocycles. The molecule has 4 aromatic rings. The highest BCUT2D eigenvalue weighted by Crippen LogP contribution is 2.28. The van der Waals surface area contributed by atoms with Crippen LogP contribution in [0.5, 0.6) is 5.75 Å². The molecule has 0 saturated heterocycles. The van der Waals surface area contributed by atoms with Gasteiger partial charge in [-0.1, -0.05) is 6.07 Å². The molecule has 0 aliphatic carbocycles. The lowest BCUT2D eigenvalue weighted by molar-refractivity contribution is -0.144. The summed E-state index contributed by atoms with van der Waals surface area (Å²) in [6.45, 7) is 3.20. The van der Waals surface area contributed by atoms with E-state index >= 15 is 0 Å². The van der Waals surface area contributed by atoms with Crippen LogP contribution in [0.2, 0.25) is 0 Å². The number of carbonyl (C=O) groups excluding carboxylic acids is 2. The van der Waals surface area contributed by atoms with E-state index in [1.807, 2.05) is 0 Å². The first-order chi connectivity index (χ1) is 16.8. The molecule has 0 bridgehead atoms. The Balaban J connectivity index is 1.63. The van der Waals surface area contributed by atoms with Gasteiger partial charge in [0.05, 0.1) is 30.0 Å². The van der Waals surface area contributed by atoms with Gasteiger partial charge in [-0.3, -0.25) is 18.7 Å². The molecule has 8 nitrogen and oxygen atoms in total. The van der Waals surface area contributed by atoms with Crippen LogP contribution < -0.4 is 4.74 Å². The number of fused-ring (bicyclic) bond motifs is 1. The third-order valence-corrected chi connectivity index (χ3v) is 5.57. The number of pyridine rings is 1. The molecule has 4 rings (SSSR count). The van der Waals surface area contributed by atoms with Crippen LogP contribution >= 0.6 is 0 Å². The van der Waals surface area contributed by atoms with Crippen LogP contribution in [0.4, 0.5) is 8.78 Å². The zero-order valence-electron chi connectivity index (χ0n) is 19.5. The van der Waals surface area contributed by atoms with Crippen molar-refractivity contribution in [2.75, 3.05) is 6.61 Å². The Labute approximate surface area is 200 Å². The van der Waals surface area contributed by atoms with Crippen molar-refractivity contribution in [2.45, 2.75) is 32.8 Å². The van der Waals surface area contributed by atoms with Crippen molar-refractivity contribution >= 4 is 17.4 Å². The lowest BCUT2D eigenvalue weighted by Gasteiger charge is -2.14. The molecule has 1 unspecified atom stereocenters. The van der Waals surface area contributed by atoms with Gasteiger partial charge in [0.2, 0.25) is 0 Å². The number of Topliss-reactive ketones (excluding diaryl/α,β-unsaturated/α-hetero) is 1. The Bertz CT molecular complexity index is 1380. The van der Waals surface area contributed by atoms with E-state index in [0.717, 1.165) is 12.1 Å². The number of nitrogens with zero attached hydrogens (tertiary/aromatic N) is 4. The van der Waals surface area contributed by atoms with Crippen molar-refractivity contribution in [3.05, 3.63) is 83.1 Å². The first-order valence-corrected chi connectivity index (χ1v) is 11.0. The average molecular weight is 482 g/mol. The highest BCUT2D eigenvalue weighted by molar-refractivity contribution is 5.99. The van der Waals surface area contributed by atoms with Crippen molar-refractivity contribution in [1.82, 2.24) is 19.2 Å². The summed E-state index contributed by atoms with van der Waals surface area (Å²) in [6, 6.07) is 6.83. The van der Waals surface area contributed by atoms with Gasteiger partial charge in [-0.15, -0.1) is 0 Å². The number of aromatic nitrogens is 4. The fourth-order valence-corrected chi connectivity index (χ4v) is 3.91. The fraction of sp³-hybridized carbons (Fsp3) is 0.280. The maximum Gasteiger partial charge on any atom is 0.313 e. The molecular formula is C25H24F2N4O4. The molecule has 35 heavy (non-hydrogen) atoms. The van der Waals surface area contributed by atoms with Crippen LogP contribution in [0.15, 0.2) is 48.9 Å². The number of hydrogen-bond acceptors (Lipinski definition) is 6. The molecule has 0 spiro atoms. The average Bonchev–Trinajstić information content (AvgIpc) is 3.39. The molecule has 0 aliphatic rings. The summed E-state index contributed by atoms with van der Waals surface area (Å²) in [4.78, 5) is 30.5. The van der Waals surface area contributed by atoms with Crippen LogP contribution in [0.1, 0.15) is 46.6 Å². The molecule has 1 aromatic carbocycles. The summed E-state index contributed by atoms with van der Waals surface area (Å²) in [6.07, 6.45) is 4.70. The Morgan fingerprint density at radius 1 is 1.14 bits per heavy atom. The molecule has 0 N–H and O–H groups in total. The van der Waals surface area contributed by atoms with E-state index in [1.54, 1.807) is 54.5 Å². The number of ether oxygens (including phenoxy) is 2. The molecule has 1 atom stereocenters. The Kier molecular flexibility index (Phi) is 6.90. The SMILES string of the molecule is CCOC(=O)C(CC(=O)c1c(C)nc2c(OCc3c(F)cccc3F)cccn12)c1cnn(C)c1. The van der Waals surface area contributed by atoms with Crippen LogP contribution in [-0.4, -0.2) is 37.5 Å². The number of halogens is 2. The topological polar surface area (TPSA) is 87.7 Å². The van der Waals surface area contributed by atoms with Crippen molar-refractivity contribution in [3.8, 4) is 5.75 Å². The second kappa shape index (κ2) is 10.0. The summed E-state index contributed by atoms with van der Waals surface area (Å²) >= 11 is 0. The van der Waals surface area contributed by atoms with E-state index in [-0.39, 0.29) is 42.4 Å². The monoisotopic (exact) mass is 482 g/mol. The summed E-state index contributed by atoms with van der Waals surface area (Å²) in [5.41, 5.74) is 1.39. The quantitative estimate of drug-likeness (QED) is 0.263. The van der Waals surface area contributed by atoms with E-state index in [1.165, 1.54) is 12.3 Å². The Morgan fingerprint density at radius 2 is 1.89 bits per heavy atom. The van der Waals surface area contributed by atoms with Crippen LogP contribution in [-0.2, 0) is 23.2 Å². The van der Waals surface area contributed by atoms with E-state index in [0.29, 0.717) is 16.9 Å². The van der Waals surface area contributed by atoms with Gasteiger partial charge in [-0.2, -0.15) is 5.10 Å². The molecule has 10 heteroatoms. The second-order valence-electron chi connectivity index (χ2n) is 7.98.